The maximum absolute atomic E-state index is 11.7. The predicted octanol–water partition coefficient (Wildman–Crippen LogP) is 2.06. The summed E-state index contributed by atoms with van der Waals surface area (Å²) in [4.78, 5) is 11.7. The standard InChI is InChI=1S/C15H23NO2/c1-4-12(3)14(17)10-16-15(18)9-13-7-5-11(2)6-8-13/h5-8,12,14,17H,4,9-10H2,1-3H3,(H,16,18). The van der Waals surface area contributed by atoms with Crippen molar-refractivity contribution in [3.05, 3.63) is 35.4 Å². The smallest absolute Gasteiger partial charge is 0.224 e. The highest BCUT2D eigenvalue weighted by atomic mass is 16.3. The molecule has 1 amide bonds. The molecule has 0 bridgehead atoms. The van der Waals surface area contributed by atoms with Crippen molar-refractivity contribution in [3.8, 4) is 0 Å². The van der Waals surface area contributed by atoms with Crippen LogP contribution >= 0.6 is 0 Å². The molecule has 18 heavy (non-hydrogen) atoms. The highest BCUT2D eigenvalue weighted by molar-refractivity contribution is 5.78. The predicted molar refractivity (Wildman–Crippen MR) is 73.4 cm³/mol. The summed E-state index contributed by atoms with van der Waals surface area (Å²) in [5.41, 5.74) is 2.18. The van der Waals surface area contributed by atoms with Crippen LogP contribution in [0.25, 0.3) is 0 Å². The molecule has 0 spiro atoms. The molecule has 2 N–H and O–H groups in total. The van der Waals surface area contributed by atoms with Crippen LogP contribution in [0, 0.1) is 12.8 Å². The largest absolute Gasteiger partial charge is 0.391 e. The van der Waals surface area contributed by atoms with E-state index in [0.717, 1.165) is 12.0 Å². The van der Waals surface area contributed by atoms with E-state index in [1.165, 1.54) is 5.56 Å². The van der Waals surface area contributed by atoms with Crippen molar-refractivity contribution in [1.29, 1.82) is 0 Å². The second kappa shape index (κ2) is 7.17. The first-order valence-electron chi connectivity index (χ1n) is 6.53. The van der Waals surface area contributed by atoms with Crippen LogP contribution in [0.5, 0.6) is 0 Å². The molecule has 3 heteroatoms. The number of carbonyl (C=O) groups excluding carboxylic acids is 1. The summed E-state index contributed by atoms with van der Waals surface area (Å²) in [6, 6.07) is 7.91. The van der Waals surface area contributed by atoms with Crippen LogP contribution in [-0.4, -0.2) is 23.7 Å². The van der Waals surface area contributed by atoms with Gasteiger partial charge in [0.2, 0.25) is 5.91 Å². The minimum atomic E-state index is -0.461. The lowest BCUT2D eigenvalue weighted by Gasteiger charge is -2.17. The number of nitrogens with one attached hydrogen (secondary N) is 1. The summed E-state index contributed by atoms with van der Waals surface area (Å²) in [5, 5.41) is 12.5. The molecule has 1 aromatic rings. The van der Waals surface area contributed by atoms with Crippen LogP contribution in [0.3, 0.4) is 0 Å². The number of aliphatic hydroxyl groups is 1. The second-order valence-corrected chi connectivity index (χ2v) is 4.92. The third kappa shape index (κ3) is 4.88. The average Bonchev–Trinajstić information content (AvgIpc) is 2.37. The Bertz CT molecular complexity index is 373. The summed E-state index contributed by atoms with van der Waals surface area (Å²) in [6.07, 6.45) is 0.819. The Morgan fingerprint density at radius 2 is 1.94 bits per heavy atom. The molecule has 1 rings (SSSR count). The first-order valence-corrected chi connectivity index (χ1v) is 6.53. The van der Waals surface area contributed by atoms with Gasteiger partial charge in [0.1, 0.15) is 0 Å². The molecule has 0 aliphatic heterocycles. The van der Waals surface area contributed by atoms with Gasteiger partial charge in [-0.15, -0.1) is 0 Å². The Morgan fingerprint density at radius 1 is 1.33 bits per heavy atom. The lowest BCUT2D eigenvalue weighted by Crippen LogP contribution is -2.36. The van der Waals surface area contributed by atoms with Gasteiger partial charge in [0.25, 0.3) is 0 Å². The van der Waals surface area contributed by atoms with Crippen molar-refractivity contribution in [3.63, 3.8) is 0 Å². The Morgan fingerprint density at radius 3 is 2.50 bits per heavy atom. The van der Waals surface area contributed by atoms with Crippen LogP contribution in [-0.2, 0) is 11.2 Å². The number of carbonyl (C=O) groups is 1. The zero-order valence-electron chi connectivity index (χ0n) is 11.4. The average molecular weight is 249 g/mol. The van der Waals surface area contributed by atoms with E-state index in [9.17, 15) is 9.90 Å². The maximum atomic E-state index is 11.7. The summed E-state index contributed by atoms with van der Waals surface area (Å²) in [5.74, 6) is 0.172. The van der Waals surface area contributed by atoms with Crippen LogP contribution in [0.1, 0.15) is 31.4 Å². The maximum Gasteiger partial charge on any atom is 0.224 e. The summed E-state index contributed by atoms with van der Waals surface area (Å²) < 4.78 is 0. The minimum Gasteiger partial charge on any atom is -0.391 e. The Hall–Kier alpha value is -1.35. The Labute approximate surface area is 109 Å². The fourth-order valence-electron chi connectivity index (χ4n) is 1.65. The van der Waals surface area contributed by atoms with Crippen molar-refractivity contribution < 1.29 is 9.90 Å². The van der Waals surface area contributed by atoms with E-state index < -0.39 is 6.10 Å². The van der Waals surface area contributed by atoms with E-state index >= 15 is 0 Å². The molecule has 3 nitrogen and oxygen atoms in total. The molecule has 1 aromatic carbocycles. The molecule has 0 aromatic heterocycles. The summed E-state index contributed by atoms with van der Waals surface area (Å²) in [7, 11) is 0. The van der Waals surface area contributed by atoms with Gasteiger partial charge < -0.3 is 10.4 Å². The van der Waals surface area contributed by atoms with Gasteiger partial charge in [-0.25, -0.2) is 0 Å². The fraction of sp³-hybridized carbons (Fsp3) is 0.533. The van der Waals surface area contributed by atoms with Gasteiger partial charge >= 0.3 is 0 Å². The quantitative estimate of drug-likeness (QED) is 0.810. The van der Waals surface area contributed by atoms with Gasteiger partial charge in [-0.1, -0.05) is 50.1 Å². The molecular weight excluding hydrogens is 226 g/mol. The van der Waals surface area contributed by atoms with E-state index in [-0.39, 0.29) is 11.8 Å². The number of aryl methyl sites for hydroxylation is 1. The Kier molecular flexibility index (Phi) is 5.86. The minimum absolute atomic E-state index is 0.0405. The first kappa shape index (κ1) is 14.7. The number of aliphatic hydroxyl groups excluding tert-OH is 1. The van der Waals surface area contributed by atoms with Crippen molar-refractivity contribution in [1.82, 2.24) is 5.32 Å². The van der Waals surface area contributed by atoms with Crippen molar-refractivity contribution in [2.75, 3.05) is 6.54 Å². The highest BCUT2D eigenvalue weighted by Crippen LogP contribution is 2.07. The molecule has 0 saturated carbocycles. The van der Waals surface area contributed by atoms with Gasteiger partial charge in [0.05, 0.1) is 12.5 Å². The molecule has 2 unspecified atom stereocenters. The van der Waals surface area contributed by atoms with Crippen LogP contribution in [0.4, 0.5) is 0 Å². The summed E-state index contributed by atoms with van der Waals surface area (Å²) >= 11 is 0. The molecule has 0 saturated heterocycles. The van der Waals surface area contributed by atoms with E-state index in [4.69, 9.17) is 0 Å². The molecule has 0 aliphatic carbocycles. The molecular formula is C15H23NO2. The van der Waals surface area contributed by atoms with Crippen LogP contribution in [0.2, 0.25) is 0 Å². The number of hydrogen-bond acceptors (Lipinski definition) is 2. The van der Waals surface area contributed by atoms with Crippen molar-refractivity contribution in [2.45, 2.75) is 39.7 Å². The normalized spacial score (nSPS) is 14.0. The molecule has 2 atom stereocenters. The number of amides is 1. The molecule has 0 fully saturated rings. The van der Waals surface area contributed by atoms with Crippen LogP contribution in [0.15, 0.2) is 24.3 Å². The molecule has 100 valence electrons. The van der Waals surface area contributed by atoms with Gasteiger partial charge in [-0.05, 0) is 18.4 Å². The first-order chi connectivity index (χ1) is 8.52. The highest BCUT2D eigenvalue weighted by Gasteiger charge is 2.13. The van der Waals surface area contributed by atoms with E-state index in [1.54, 1.807) is 0 Å². The Balaban J connectivity index is 2.36. The van der Waals surface area contributed by atoms with E-state index in [1.807, 2.05) is 45.0 Å². The second-order valence-electron chi connectivity index (χ2n) is 4.92. The van der Waals surface area contributed by atoms with Gasteiger partial charge in [-0.3, -0.25) is 4.79 Å². The van der Waals surface area contributed by atoms with Gasteiger partial charge in [0, 0.05) is 6.54 Å². The molecule has 0 radical (unpaired) electrons. The van der Waals surface area contributed by atoms with Crippen molar-refractivity contribution >= 4 is 5.91 Å². The van der Waals surface area contributed by atoms with E-state index in [2.05, 4.69) is 5.32 Å². The molecule has 0 heterocycles. The fourth-order valence-corrected chi connectivity index (χ4v) is 1.65. The van der Waals surface area contributed by atoms with Gasteiger partial charge in [0.15, 0.2) is 0 Å². The SMILES string of the molecule is CCC(C)C(O)CNC(=O)Cc1ccc(C)cc1. The third-order valence-electron chi connectivity index (χ3n) is 3.29. The third-order valence-corrected chi connectivity index (χ3v) is 3.29. The summed E-state index contributed by atoms with van der Waals surface area (Å²) in [6.45, 7) is 6.37. The lowest BCUT2D eigenvalue weighted by atomic mass is 10.0. The number of benzene rings is 1. The van der Waals surface area contributed by atoms with Crippen molar-refractivity contribution in [2.24, 2.45) is 5.92 Å². The topological polar surface area (TPSA) is 49.3 Å². The lowest BCUT2D eigenvalue weighted by molar-refractivity contribution is -0.121. The monoisotopic (exact) mass is 249 g/mol. The van der Waals surface area contributed by atoms with E-state index in [0.29, 0.717) is 13.0 Å². The van der Waals surface area contributed by atoms with Crippen LogP contribution < -0.4 is 5.32 Å². The zero-order chi connectivity index (χ0) is 13.5. The molecule has 0 aliphatic rings. The van der Waals surface area contributed by atoms with Gasteiger partial charge in [-0.2, -0.15) is 0 Å². The number of hydrogen-bond donors (Lipinski definition) is 2. The zero-order valence-corrected chi connectivity index (χ0v) is 11.4. The number of rotatable bonds is 6.